The third-order valence-electron chi connectivity index (χ3n) is 2.93. The number of nitrogens with zero attached hydrogens (tertiary/aromatic N) is 1. The summed E-state index contributed by atoms with van der Waals surface area (Å²) in [6.45, 7) is 0.977. The number of halogens is 1. The van der Waals surface area contributed by atoms with Crippen LogP contribution in [0.1, 0.15) is 10.4 Å². The van der Waals surface area contributed by atoms with Crippen LogP contribution in [-0.2, 0) is 14.3 Å². The Hall–Kier alpha value is -1.40. The minimum Gasteiger partial charge on any atom is -0.467 e. The second-order valence-electron chi connectivity index (χ2n) is 4.12. The van der Waals surface area contributed by atoms with Crippen molar-refractivity contribution in [1.29, 1.82) is 0 Å². The van der Waals surface area contributed by atoms with Crippen LogP contribution in [0, 0.1) is 0 Å². The van der Waals surface area contributed by atoms with E-state index in [1.54, 1.807) is 18.2 Å². The molecule has 0 aromatic heterocycles. The lowest BCUT2D eigenvalue weighted by atomic mass is 10.1. The first-order chi connectivity index (χ1) is 9.13. The number of hydrogen-bond donors (Lipinski definition) is 0. The molecule has 0 spiro atoms. The van der Waals surface area contributed by atoms with E-state index in [-0.39, 0.29) is 12.5 Å². The highest BCUT2D eigenvalue weighted by Gasteiger charge is 2.34. The Bertz CT molecular complexity index is 491. The number of benzene rings is 1. The van der Waals surface area contributed by atoms with E-state index in [1.165, 1.54) is 12.0 Å². The van der Waals surface area contributed by atoms with E-state index in [9.17, 15) is 9.59 Å². The summed E-state index contributed by atoms with van der Waals surface area (Å²) in [5, 5.41) is 0. The van der Waals surface area contributed by atoms with Gasteiger partial charge in [-0.2, -0.15) is 0 Å². The second-order valence-corrected chi connectivity index (χ2v) is 5.04. The highest BCUT2D eigenvalue weighted by Crippen LogP contribution is 2.17. The van der Waals surface area contributed by atoms with Gasteiger partial charge in [-0.25, -0.2) is 4.79 Å². The number of methoxy groups -OCH3 is 1. The monoisotopic (exact) mass is 327 g/mol. The summed E-state index contributed by atoms with van der Waals surface area (Å²) in [7, 11) is 1.30. The van der Waals surface area contributed by atoms with Crippen molar-refractivity contribution in [2.24, 2.45) is 0 Å². The van der Waals surface area contributed by atoms with Gasteiger partial charge >= 0.3 is 5.97 Å². The van der Waals surface area contributed by atoms with E-state index < -0.39 is 12.0 Å². The van der Waals surface area contributed by atoms with E-state index in [0.717, 1.165) is 4.47 Å². The molecule has 1 aliphatic rings. The molecule has 5 nitrogen and oxygen atoms in total. The highest BCUT2D eigenvalue weighted by molar-refractivity contribution is 9.10. The number of amides is 1. The van der Waals surface area contributed by atoms with Gasteiger partial charge in [0.15, 0.2) is 6.04 Å². The smallest absolute Gasteiger partial charge is 0.331 e. The molecule has 1 atom stereocenters. The molecule has 1 aliphatic heterocycles. The summed E-state index contributed by atoms with van der Waals surface area (Å²) in [5.41, 5.74) is 0.533. The number of carbonyl (C=O) groups excluding carboxylic acids is 2. The predicted molar refractivity (Wildman–Crippen MR) is 71.8 cm³/mol. The SMILES string of the molecule is COC(=O)C1COCCN1C(=O)c1cccc(Br)c1. The average molecular weight is 328 g/mol. The van der Waals surface area contributed by atoms with Crippen LogP contribution >= 0.6 is 15.9 Å². The van der Waals surface area contributed by atoms with Crippen LogP contribution in [0.25, 0.3) is 0 Å². The molecule has 1 unspecified atom stereocenters. The Morgan fingerprint density at radius 3 is 2.95 bits per heavy atom. The van der Waals surface area contributed by atoms with Crippen molar-refractivity contribution >= 4 is 27.8 Å². The highest BCUT2D eigenvalue weighted by atomic mass is 79.9. The lowest BCUT2D eigenvalue weighted by molar-refractivity contribution is -0.151. The van der Waals surface area contributed by atoms with Crippen LogP contribution in [0.4, 0.5) is 0 Å². The van der Waals surface area contributed by atoms with Crippen molar-refractivity contribution in [3.8, 4) is 0 Å². The van der Waals surface area contributed by atoms with Gasteiger partial charge in [0.1, 0.15) is 0 Å². The molecule has 0 aliphatic carbocycles. The zero-order valence-electron chi connectivity index (χ0n) is 10.5. The molecule has 19 heavy (non-hydrogen) atoms. The lowest BCUT2D eigenvalue weighted by Gasteiger charge is -2.33. The minimum absolute atomic E-state index is 0.173. The summed E-state index contributed by atoms with van der Waals surface area (Å²) in [6, 6.07) is 6.40. The van der Waals surface area contributed by atoms with Crippen LogP contribution in [0.5, 0.6) is 0 Å². The van der Waals surface area contributed by atoms with E-state index in [2.05, 4.69) is 15.9 Å². The molecule has 1 heterocycles. The Balaban J connectivity index is 2.22. The van der Waals surface area contributed by atoms with Gasteiger partial charge < -0.3 is 14.4 Å². The Labute approximate surface area is 119 Å². The first-order valence-corrected chi connectivity index (χ1v) is 6.65. The standard InChI is InChI=1S/C13H14BrNO4/c1-18-13(17)11-8-19-6-5-15(11)12(16)9-3-2-4-10(14)7-9/h2-4,7,11H,5-6,8H2,1H3. The molecule has 1 amide bonds. The van der Waals surface area contributed by atoms with Gasteiger partial charge in [0.25, 0.3) is 5.91 Å². The summed E-state index contributed by atoms with van der Waals surface area (Å²) in [6.07, 6.45) is 0. The number of morpholine rings is 1. The summed E-state index contributed by atoms with van der Waals surface area (Å²) >= 11 is 3.33. The largest absolute Gasteiger partial charge is 0.467 e. The maximum Gasteiger partial charge on any atom is 0.331 e. The molecule has 1 saturated heterocycles. The van der Waals surface area contributed by atoms with Gasteiger partial charge in [0.2, 0.25) is 0 Å². The Kier molecular flexibility index (Phi) is 4.55. The minimum atomic E-state index is -0.676. The molecular formula is C13H14BrNO4. The van der Waals surface area contributed by atoms with E-state index in [4.69, 9.17) is 9.47 Å². The zero-order chi connectivity index (χ0) is 13.8. The topological polar surface area (TPSA) is 55.8 Å². The number of esters is 1. The van der Waals surface area contributed by atoms with E-state index in [0.29, 0.717) is 18.7 Å². The molecule has 0 N–H and O–H groups in total. The molecule has 1 aromatic carbocycles. The van der Waals surface area contributed by atoms with Crippen molar-refractivity contribution in [2.45, 2.75) is 6.04 Å². The molecule has 1 aromatic rings. The van der Waals surface area contributed by atoms with Crippen LogP contribution in [0.15, 0.2) is 28.7 Å². The molecule has 0 radical (unpaired) electrons. The first kappa shape index (κ1) is 14.0. The number of rotatable bonds is 2. The molecule has 0 bridgehead atoms. The van der Waals surface area contributed by atoms with Gasteiger partial charge in [-0.05, 0) is 18.2 Å². The molecule has 0 saturated carbocycles. The van der Waals surface area contributed by atoms with Gasteiger partial charge in [0, 0.05) is 16.6 Å². The lowest BCUT2D eigenvalue weighted by Crippen LogP contribution is -2.53. The zero-order valence-corrected chi connectivity index (χ0v) is 12.1. The van der Waals surface area contributed by atoms with Crippen molar-refractivity contribution in [2.75, 3.05) is 26.9 Å². The van der Waals surface area contributed by atoms with Gasteiger partial charge in [0.05, 0.1) is 20.3 Å². The first-order valence-electron chi connectivity index (χ1n) is 5.85. The van der Waals surface area contributed by atoms with Crippen molar-refractivity contribution in [1.82, 2.24) is 4.90 Å². The fraction of sp³-hybridized carbons (Fsp3) is 0.385. The summed E-state index contributed by atoms with van der Waals surface area (Å²) < 4.78 is 10.8. The predicted octanol–water partition coefficient (Wildman–Crippen LogP) is 1.46. The molecule has 1 fully saturated rings. The molecule has 102 valence electrons. The Morgan fingerprint density at radius 2 is 2.26 bits per heavy atom. The second kappa shape index (κ2) is 6.16. The maximum atomic E-state index is 12.4. The number of ether oxygens (including phenoxy) is 2. The number of carbonyl (C=O) groups is 2. The van der Waals surface area contributed by atoms with Crippen molar-refractivity contribution in [3.63, 3.8) is 0 Å². The van der Waals surface area contributed by atoms with Crippen LogP contribution in [-0.4, -0.2) is 49.7 Å². The summed E-state index contributed by atoms with van der Waals surface area (Å²) in [5.74, 6) is -0.650. The van der Waals surface area contributed by atoms with E-state index in [1.807, 2.05) is 6.07 Å². The normalized spacial score (nSPS) is 19.1. The van der Waals surface area contributed by atoms with Crippen LogP contribution < -0.4 is 0 Å². The average Bonchev–Trinajstić information content (AvgIpc) is 2.45. The number of hydrogen-bond acceptors (Lipinski definition) is 4. The van der Waals surface area contributed by atoms with Gasteiger partial charge in [-0.3, -0.25) is 4.79 Å². The molecular weight excluding hydrogens is 314 g/mol. The van der Waals surface area contributed by atoms with Gasteiger partial charge in [-0.15, -0.1) is 0 Å². The fourth-order valence-electron chi connectivity index (χ4n) is 1.97. The molecule has 6 heteroatoms. The van der Waals surface area contributed by atoms with Crippen molar-refractivity contribution in [3.05, 3.63) is 34.3 Å². The van der Waals surface area contributed by atoms with Gasteiger partial charge in [-0.1, -0.05) is 22.0 Å². The summed E-state index contributed by atoms with van der Waals surface area (Å²) in [4.78, 5) is 25.6. The van der Waals surface area contributed by atoms with E-state index >= 15 is 0 Å². The van der Waals surface area contributed by atoms with Crippen LogP contribution in [0.3, 0.4) is 0 Å². The third-order valence-corrected chi connectivity index (χ3v) is 3.43. The van der Waals surface area contributed by atoms with Crippen molar-refractivity contribution < 1.29 is 19.1 Å². The maximum absolute atomic E-state index is 12.4. The van der Waals surface area contributed by atoms with Crippen LogP contribution in [0.2, 0.25) is 0 Å². The Morgan fingerprint density at radius 1 is 1.47 bits per heavy atom. The third kappa shape index (κ3) is 3.13. The molecule has 2 rings (SSSR count). The fourth-order valence-corrected chi connectivity index (χ4v) is 2.36. The quantitative estimate of drug-likeness (QED) is 0.772.